The minimum Gasteiger partial charge on any atom is -0.462 e. The standard InChI is InChI=1S/C22H17N5O4S2/c1-2-30-21(28)17-15(14(11-23)18(24)33-17)12-31-22(29)19-25-20(16-9-6-10-32-16)27(26-19)13-7-4-3-5-8-13/h3-10H,2,12,24H2,1H3. The molecule has 0 radical (unpaired) electrons. The second kappa shape index (κ2) is 9.64. The predicted molar refractivity (Wildman–Crippen MR) is 123 cm³/mol. The van der Waals surface area contributed by atoms with E-state index < -0.39 is 11.9 Å². The Hall–Kier alpha value is -4.01. The van der Waals surface area contributed by atoms with E-state index in [-0.39, 0.29) is 40.0 Å². The lowest BCUT2D eigenvalue weighted by Gasteiger charge is -2.05. The van der Waals surface area contributed by atoms with Crippen LogP contribution in [0.5, 0.6) is 0 Å². The number of anilines is 1. The minimum atomic E-state index is -0.800. The van der Waals surface area contributed by atoms with Gasteiger partial charge in [-0.3, -0.25) is 0 Å². The van der Waals surface area contributed by atoms with Gasteiger partial charge in [-0.2, -0.15) is 10.2 Å². The number of nitriles is 1. The first-order chi connectivity index (χ1) is 16.0. The third-order valence-corrected chi connectivity index (χ3v) is 6.39. The van der Waals surface area contributed by atoms with Gasteiger partial charge in [0.2, 0.25) is 0 Å². The number of carbonyl (C=O) groups excluding carboxylic acids is 2. The fraction of sp³-hybridized carbons (Fsp3) is 0.136. The van der Waals surface area contributed by atoms with Crippen molar-refractivity contribution in [2.45, 2.75) is 13.5 Å². The van der Waals surface area contributed by atoms with Crippen molar-refractivity contribution in [3.8, 4) is 22.5 Å². The summed E-state index contributed by atoms with van der Waals surface area (Å²) in [7, 11) is 0. The molecule has 0 aliphatic rings. The van der Waals surface area contributed by atoms with Crippen molar-refractivity contribution in [3.05, 3.63) is 69.7 Å². The van der Waals surface area contributed by atoms with Crippen molar-refractivity contribution in [1.29, 1.82) is 5.26 Å². The molecule has 11 heteroatoms. The second-order valence-electron chi connectivity index (χ2n) is 6.54. The molecule has 0 saturated carbocycles. The molecular formula is C22H17N5O4S2. The molecule has 9 nitrogen and oxygen atoms in total. The highest BCUT2D eigenvalue weighted by Gasteiger charge is 2.26. The molecule has 0 aliphatic carbocycles. The quantitative estimate of drug-likeness (QED) is 0.393. The van der Waals surface area contributed by atoms with E-state index >= 15 is 0 Å². The lowest BCUT2D eigenvalue weighted by molar-refractivity contribution is 0.0441. The summed E-state index contributed by atoms with van der Waals surface area (Å²) in [6, 6.07) is 15.0. The Bertz CT molecular complexity index is 1340. The van der Waals surface area contributed by atoms with Crippen molar-refractivity contribution < 1.29 is 19.1 Å². The molecular weight excluding hydrogens is 462 g/mol. The maximum Gasteiger partial charge on any atom is 0.378 e. The molecule has 33 heavy (non-hydrogen) atoms. The summed E-state index contributed by atoms with van der Waals surface area (Å²) < 4.78 is 12.0. The van der Waals surface area contributed by atoms with Crippen molar-refractivity contribution in [2.75, 3.05) is 12.3 Å². The number of hydrogen-bond donors (Lipinski definition) is 1. The molecule has 0 atom stereocenters. The Kier molecular flexibility index (Phi) is 6.48. The highest BCUT2D eigenvalue weighted by atomic mass is 32.1. The van der Waals surface area contributed by atoms with E-state index in [2.05, 4.69) is 10.1 Å². The van der Waals surface area contributed by atoms with Crippen LogP contribution in [0.2, 0.25) is 0 Å². The molecule has 0 bridgehead atoms. The number of benzene rings is 1. The number of carbonyl (C=O) groups is 2. The van der Waals surface area contributed by atoms with Gasteiger partial charge in [0.25, 0.3) is 5.82 Å². The zero-order chi connectivity index (χ0) is 23.4. The number of rotatable bonds is 7. The Morgan fingerprint density at radius 3 is 2.61 bits per heavy atom. The molecule has 4 rings (SSSR count). The molecule has 166 valence electrons. The van der Waals surface area contributed by atoms with Crippen LogP contribution in [-0.4, -0.2) is 33.3 Å². The first-order valence-electron chi connectivity index (χ1n) is 9.75. The van der Waals surface area contributed by atoms with Gasteiger partial charge >= 0.3 is 11.9 Å². The van der Waals surface area contributed by atoms with Crippen LogP contribution in [0, 0.1) is 11.3 Å². The lowest BCUT2D eigenvalue weighted by Crippen LogP contribution is -2.11. The summed E-state index contributed by atoms with van der Waals surface area (Å²) >= 11 is 2.38. The van der Waals surface area contributed by atoms with E-state index in [0.717, 1.165) is 21.9 Å². The molecule has 0 saturated heterocycles. The number of nitrogens with zero attached hydrogens (tertiary/aromatic N) is 4. The minimum absolute atomic E-state index is 0.0814. The summed E-state index contributed by atoms with van der Waals surface area (Å²) in [6.45, 7) is 1.47. The van der Waals surface area contributed by atoms with Gasteiger partial charge in [0.1, 0.15) is 22.6 Å². The van der Waals surface area contributed by atoms with E-state index in [1.165, 1.54) is 11.3 Å². The van der Waals surface area contributed by atoms with Crippen LogP contribution in [0.1, 0.15) is 38.3 Å². The summed E-state index contributed by atoms with van der Waals surface area (Å²) in [5.74, 6) is -1.09. The Morgan fingerprint density at radius 2 is 1.94 bits per heavy atom. The summed E-state index contributed by atoms with van der Waals surface area (Å²) in [5, 5.41) is 15.8. The lowest BCUT2D eigenvalue weighted by atomic mass is 10.1. The van der Waals surface area contributed by atoms with Crippen molar-refractivity contribution in [2.24, 2.45) is 0 Å². The molecule has 0 fully saturated rings. The normalized spacial score (nSPS) is 10.5. The average Bonchev–Trinajstić information content (AvgIpc) is 3.56. The monoisotopic (exact) mass is 479 g/mol. The summed E-state index contributed by atoms with van der Waals surface area (Å²) in [5.41, 5.74) is 6.88. The third kappa shape index (κ3) is 4.48. The van der Waals surface area contributed by atoms with E-state index in [0.29, 0.717) is 5.82 Å². The largest absolute Gasteiger partial charge is 0.462 e. The molecule has 0 spiro atoms. The predicted octanol–water partition coefficient (Wildman–Crippen LogP) is 4.04. The van der Waals surface area contributed by atoms with Crippen LogP contribution < -0.4 is 5.73 Å². The van der Waals surface area contributed by atoms with Gasteiger partial charge in [-0.25, -0.2) is 14.3 Å². The Labute approximate surface area is 196 Å². The molecule has 0 aliphatic heterocycles. The van der Waals surface area contributed by atoms with Gasteiger partial charge in [-0.1, -0.05) is 24.3 Å². The van der Waals surface area contributed by atoms with Crippen LogP contribution in [0.4, 0.5) is 5.00 Å². The summed E-state index contributed by atoms with van der Waals surface area (Å²) in [4.78, 5) is 30.4. The Balaban J connectivity index is 1.63. The maximum atomic E-state index is 12.8. The molecule has 3 heterocycles. The first kappa shape index (κ1) is 22.2. The van der Waals surface area contributed by atoms with Crippen LogP contribution in [0.3, 0.4) is 0 Å². The van der Waals surface area contributed by atoms with E-state index in [1.807, 2.05) is 53.9 Å². The molecule has 0 unspecified atom stereocenters. The topological polar surface area (TPSA) is 133 Å². The number of hydrogen-bond acceptors (Lipinski definition) is 10. The van der Waals surface area contributed by atoms with Crippen molar-refractivity contribution >= 4 is 39.6 Å². The molecule has 2 N–H and O–H groups in total. The number of thiophene rings is 2. The van der Waals surface area contributed by atoms with Gasteiger partial charge in [-0.15, -0.1) is 27.8 Å². The highest BCUT2D eigenvalue weighted by molar-refractivity contribution is 7.18. The SMILES string of the molecule is CCOC(=O)c1sc(N)c(C#N)c1COC(=O)c1nc(-c2cccs2)n(-c2ccccc2)n1. The number of ether oxygens (including phenoxy) is 2. The molecule has 1 aromatic carbocycles. The highest BCUT2D eigenvalue weighted by Crippen LogP contribution is 2.32. The van der Waals surface area contributed by atoms with E-state index in [4.69, 9.17) is 15.2 Å². The number of nitrogens with two attached hydrogens (primary N) is 1. The molecule has 3 aromatic heterocycles. The van der Waals surface area contributed by atoms with Crippen molar-refractivity contribution in [1.82, 2.24) is 14.8 Å². The third-order valence-electron chi connectivity index (χ3n) is 4.49. The van der Waals surface area contributed by atoms with Gasteiger partial charge in [0.05, 0.1) is 22.7 Å². The number of aromatic nitrogens is 3. The molecule has 0 amide bonds. The first-order valence-corrected chi connectivity index (χ1v) is 11.4. The van der Waals surface area contributed by atoms with Gasteiger partial charge in [-0.05, 0) is 30.5 Å². The molecule has 4 aromatic rings. The van der Waals surface area contributed by atoms with Crippen LogP contribution in [0.15, 0.2) is 47.8 Å². The zero-order valence-electron chi connectivity index (χ0n) is 17.3. The van der Waals surface area contributed by atoms with Crippen LogP contribution >= 0.6 is 22.7 Å². The smallest absolute Gasteiger partial charge is 0.378 e. The number of para-hydroxylation sites is 1. The van der Waals surface area contributed by atoms with Crippen LogP contribution in [0.25, 0.3) is 16.4 Å². The van der Waals surface area contributed by atoms with Gasteiger partial charge in [0, 0.05) is 5.56 Å². The fourth-order valence-electron chi connectivity index (χ4n) is 3.02. The van der Waals surface area contributed by atoms with Gasteiger partial charge < -0.3 is 15.2 Å². The van der Waals surface area contributed by atoms with E-state index in [9.17, 15) is 14.9 Å². The maximum absolute atomic E-state index is 12.8. The second-order valence-corrected chi connectivity index (χ2v) is 8.54. The van der Waals surface area contributed by atoms with E-state index in [1.54, 1.807) is 11.6 Å². The number of esters is 2. The van der Waals surface area contributed by atoms with Crippen molar-refractivity contribution in [3.63, 3.8) is 0 Å². The zero-order valence-corrected chi connectivity index (χ0v) is 19.0. The number of nitrogen functional groups attached to an aromatic ring is 1. The summed E-state index contributed by atoms with van der Waals surface area (Å²) in [6.07, 6.45) is 0. The van der Waals surface area contributed by atoms with Gasteiger partial charge in [0.15, 0.2) is 5.82 Å². The average molecular weight is 480 g/mol. The van der Waals surface area contributed by atoms with Crippen LogP contribution in [-0.2, 0) is 16.1 Å². The Morgan fingerprint density at radius 1 is 1.15 bits per heavy atom. The fourth-order valence-corrected chi connectivity index (χ4v) is 4.64.